The van der Waals surface area contributed by atoms with Gasteiger partial charge in [-0.2, -0.15) is 0 Å². The van der Waals surface area contributed by atoms with E-state index in [4.69, 9.17) is 0 Å². The maximum atomic E-state index is 10.1. The van der Waals surface area contributed by atoms with Crippen molar-refractivity contribution in [2.45, 2.75) is 20.3 Å². The molecule has 0 heterocycles. The summed E-state index contributed by atoms with van der Waals surface area (Å²) in [5.41, 5.74) is 1.39. The Kier molecular flexibility index (Phi) is 4.99. The zero-order valence-corrected chi connectivity index (χ0v) is 6.83. The number of hydrogen-bond donors (Lipinski definition) is 0. The minimum absolute atomic E-state index is 0.648. The summed E-state index contributed by atoms with van der Waals surface area (Å²) in [6, 6.07) is 0. The lowest BCUT2D eigenvalue weighted by atomic mass is 10.2. The lowest BCUT2D eigenvalue weighted by Crippen LogP contribution is -1.77. The van der Waals surface area contributed by atoms with Crippen molar-refractivity contribution in [1.29, 1.82) is 0 Å². The molecule has 0 unspecified atom stereocenters. The molecule has 0 fully saturated rings. The number of carbonyl (C=O) groups excluding carboxylic acids is 2. The van der Waals surface area contributed by atoms with Gasteiger partial charge in [0.1, 0.15) is 12.6 Å². The average molecular weight is 152 g/mol. The van der Waals surface area contributed by atoms with Crippen molar-refractivity contribution in [2.24, 2.45) is 0 Å². The van der Waals surface area contributed by atoms with E-state index < -0.39 is 0 Å². The van der Waals surface area contributed by atoms with Crippen LogP contribution in [0.5, 0.6) is 0 Å². The van der Waals surface area contributed by atoms with Gasteiger partial charge in [-0.05, 0) is 31.4 Å². The second kappa shape index (κ2) is 5.59. The quantitative estimate of drug-likeness (QED) is 0.453. The van der Waals surface area contributed by atoms with Gasteiger partial charge < -0.3 is 0 Å². The first kappa shape index (κ1) is 9.82. The molecule has 0 spiro atoms. The van der Waals surface area contributed by atoms with Gasteiger partial charge in [0.15, 0.2) is 0 Å². The Morgan fingerprint density at radius 2 is 1.36 bits per heavy atom. The molecule has 0 aromatic rings. The van der Waals surface area contributed by atoms with E-state index in [1.54, 1.807) is 26.0 Å². The fourth-order valence-electron chi connectivity index (χ4n) is 0.527. The molecule has 0 aliphatic carbocycles. The molecule has 0 atom stereocenters. The van der Waals surface area contributed by atoms with Crippen LogP contribution in [0.1, 0.15) is 20.3 Å². The first-order chi connectivity index (χ1) is 5.20. The van der Waals surface area contributed by atoms with E-state index in [9.17, 15) is 9.59 Å². The van der Waals surface area contributed by atoms with Crippen LogP contribution in [-0.2, 0) is 9.59 Å². The van der Waals surface area contributed by atoms with Gasteiger partial charge in [-0.3, -0.25) is 9.59 Å². The molecule has 0 amide bonds. The van der Waals surface area contributed by atoms with E-state index in [0.29, 0.717) is 17.6 Å². The summed E-state index contributed by atoms with van der Waals surface area (Å²) in [6.07, 6.45) is 5.79. The van der Waals surface area contributed by atoms with Crippen LogP contribution in [0.25, 0.3) is 0 Å². The maximum Gasteiger partial charge on any atom is 0.145 e. The van der Waals surface area contributed by atoms with Gasteiger partial charge in [-0.1, -0.05) is 12.2 Å². The van der Waals surface area contributed by atoms with Crippen molar-refractivity contribution in [1.82, 2.24) is 0 Å². The predicted octanol–water partition coefficient (Wildman–Crippen LogP) is 1.67. The normalized spacial score (nSPS) is 12.9. The van der Waals surface area contributed by atoms with Gasteiger partial charge in [0.2, 0.25) is 0 Å². The van der Waals surface area contributed by atoms with Crippen molar-refractivity contribution in [3.05, 3.63) is 23.3 Å². The lowest BCUT2D eigenvalue weighted by Gasteiger charge is -1.86. The van der Waals surface area contributed by atoms with E-state index >= 15 is 0 Å². The largest absolute Gasteiger partial charge is 0.298 e. The Balaban J connectivity index is 3.89. The second-order valence-electron chi connectivity index (χ2n) is 2.37. The van der Waals surface area contributed by atoms with Crippen molar-refractivity contribution < 1.29 is 9.59 Å². The van der Waals surface area contributed by atoms with Crippen LogP contribution in [0.15, 0.2) is 23.3 Å². The van der Waals surface area contributed by atoms with Crippen LogP contribution in [0.3, 0.4) is 0 Å². The number of aldehydes is 2. The molecule has 0 aromatic carbocycles. The average Bonchev–Trinajstić information content (AvgIpc) is 2.04. The van der Waals surface area contributed by atoms with E-state index in [1.165, 1.54) is 0 Å². The first-order valence-corrected chi connectivity index (χ1v) is 3.44. The standard InChI is InChI=1S/C9H12O2/c1-8(6-10)4-3-5-9(2)7-11/h4-7H,3H2,1-2H3. The molecule has 0 aliphatic rings. The van der Waals surface area contributed by atoms with E-state index in [2.05, 4.69) is 0 Å². The Morgan fingerprint density at radius 3 is 1.64 bits per heavy atom. The molecule has 0 radical (unpaired) electrons. The fraction of sp³-hybridized carbons (Fsp3) is 0.333. The minimum Gasteiger partial charge on any atom is -0.298 e. The Labute approximate surface area is 66.6 Å². The van der Waals surface area contributed by atoms with Gasteiger partial charge in [0.05, 0.1) is 0 Å². The van der Waals surface area contributed by atoms with Crippen molar-refractivity contribution >= 4 is 12.6 Å². The Morgan fingerprint density at radius 1 is 1.00 bits per heavy atom. The van der Waals surface area contributed by atoms with Crippen LogP contribution in [0.4, 0.5) is 0 Å². The fourth-order valence-corrected chi connectivity index (χ4v) is 0.527. The van der Waals surface area contributed by atoms with Crippen molar-refractivity contribution in [2.75, 3.05) is 0 Å². The van der Waals surface area contributed by atoms with Crippen molar-refractivity contribution in [3.63, 3.8) is 0 Å². The first-order valence-electron chi connectivity index (χ1n) is 3.44. The van der Waals surface area contributed by atoms with E-state index in [1.807, 2.05) is 0 Å². The summed E-state index contributed by atoms with van der Waals surface area (Å²) < 4.78 is 0. The summed E-state index contributed by atoms with van der Waals surface area (Å²) in [6.45, 7) is 3.47. The minimum atomic E-state index is 0.648. The highest BCUT2D eigenvalue weighted by atomic mass is 16.1. The monoisotopic (exact) mass is 152 g/mol. The molecule has 2 heteroatoms. The lowest BCUT2D eigenvalue weighted by molar-refractivity contribution is -0.105. The molecule has 0 saturated carbocycles. The highest BCUT2D eigenvalue weighted by Gasteiger charge is 1.83. The van der Waals surface area contributed by atoms with Gasteiger partial charge in [-0.15, -0.1) is 0 Å². The zero-order chi connectivity index (χ0) is 8.69. The third-order valence-corrected chi connectivity index (χ3v) is 1.25. The summed E-state index contributed by atoms with van der Waals surface area (Å²) in [4.78, 5) is 20.2. The highest BCUT2D eigenvalue weighted by Crippen LogP contribution is 1.95. The molecule has 0 aromatic heterocycles. The van der Waals surface area contributed by atoms with Crippen LogP contribution in [0, 0.1) is 0 Å². The number of rotatable bonds is 4. The van der Waals surface area contributed by atoms with Gasteiger partial charge in [0, 0.05) is 0 Å². The van der Waals surface area contributed by atoms with Gasteiger partial charge in [-0.25, -0.2) is 0 Å². The van der Waals surface area contributed by atoms with Crippen LogP contribution in [0.2, 0.25) is 0 Å². The molecule has 0 bridgehead atoms. The SMILES string of the molecule is CC(C=O)=CCC=C(C)C=O. The molecular weight excluding hydrogens is 140 g/mol. The molecular formula is C9H12O2. The molecule has 0 aliphatic heterocycles. The molecule has 0 rings (SSSR count). The number of hydrogen-bond acceptors (Lipinski definition) is 2. The van der Waals surface area contributed by atoms with Gasteiger partial charge >= 0.3 is 0 Å². The predicted molar refractivity (Wildman–Crippen MR) is 44.3 cm³/mol. The van der Waals surface area contributed by atoms with Crippen LogP contribution < -0.4 is 0 Å². The van der Waals surface area contributed by atoms with E-state index in [-0.39, 0.29) is 0 Å². The van der Waals surface area contributed by atoms with Crippen LogP contribution in [-0.4, -0.2) is 12.6 Å². The summed E-state index contributed by atoms with van der Waals surface area (Å²) >= 11 is 0. The van der Waals surface area contributed by atoms with Crippen LogP contribution >= 0.6 is 0 Å². The summed E-state index contributed by atoms with van der Waals surface area (Å²) in [7, 11) is 0. The maximum absolute atomic E-state index is 10.1. The number of carbonyl (C=O) groups is 2. The van der Waals surface area contributed by atoms with Crippen molar-refractivity contribution in [3.8, 4) is 0 Å². The molecule has 0 saturated heterocycles. The number of allylic oxidation sites excluding steroid dienone is 4. The summed E-state index contributed by atoms with van der Waals surface area (Å²) in [5, 5.41) is 0. The summed E-state index contributed by atoms with van der Waals surface area (Å²) in [5.74, 6) is 0. The zero-order valence-electron chi connectivity index (χ0n) is 6.83. The molecule has 0 N–H and O–H groups in total. The molecule has 2 nitrogen and oxygen atoms in total. The topological polar surface area (TPSA) is 34.1 Å². The third kappa shape index (κ3) is 5.27. The molecule has 11 heavy (non-hydrogen) atoms. The van der Waals surface area contributed by atoms with E-state index in [0.717, 1.165) is 12.6 Å². The Hall–Kier alpha value is -1.18. The van der Waals surface area contributed by atoms with Gasteiger partial charge in [0.25, 0.3) is 0 Å². The highest BCUT2D eigenvalue weighted by molar-refractivity contribution is 5.73. The smallest absolute Gasteiger partial charge is 0.145 e. The third-order valence-electron chi connectivity index (χ3n) is 1.25. The Bertz CT molecular complexity index is 178. The second-order valence-corrected chi connectivity index (χ2v) is 2.37. The molecule has 60 valence electrons.